The lowest BCUT2D eigenvalue weighted by Gasteiger charge is -2.22. The van der Waals surface area contributed by atoms with Crippen molar-refractivity contribution in [3.8, 4) is 11.1 Å². The van der Waals surface area contributed by atoms with Crippen LogP contribution in [0, 0.1) is 13.8 Å². The van der Waals surface area contributed by atoms with Gasteiger partial charge in [0.15, 0.2) is 0 Å². The van der Waals surface area contributed by atoms with E-state index in [2.05, 4.69) is 25.8 Å². The molecule has 4 aromatic rings. The summed E-state index contributed by atoms with van der Waals surface area (Å²) in [5.41, 5.74) is 4.12. The standard InChI is InChI=1S/C26H26ClN5O4S/c1-15-23(16(2)36-32-15)18-6-7-22-21(13-18)24(28-14-17-4-3-5-19(27)12-17)31-25(30-22)26(33)29-20-8-10-37(34,35)11-9-20/h3-7,12-13,20H,8-11,14H2,1-2H3,(H,29,33)(H,28,30,31). The maximum Gasteiger partial charge on any atom is 0.289 e. The van der Waals surface area contributed by atoms with E-state index in [9.17, 15) is 13.2 Å². The predicted molar refractivity (Wildman–Crippen MR) is 142 cm³/mol. The molecule has 0 atom stereocenters. The molecular weight excluding hydrogens is 514 g/mol. The van der Waals surface area contributed by atoms with Crippen LogP contribution in [-0.4, -0.2) is 47.0 Å². The Balaban J connectivity index is 1.50. The number of rotatable bonds is 6. The van der Waals surface area contributed by atoms with Crippen LogP contribution in [0.25, 0.3) is 22.0 Å². The second-order valence-electron chi connectivity index (χ2n) is 9.21. The second kappa shape index (κ2) is 10.1. The Morgan fingerprint density at radius 1 is 1.11 bits per heavy atom. The van der Waals surface area contributed by atoms with Crippen molar-refractivity contribution < 1.29 is 17.7 Å². The average Bonchev–Trinajstić information content (AvgIpc) is 3.21. The third-order valence-electron chi connectivity index (χ3n) is 6.46. The first kappa shape index (κ1) is 25.2. The van der Waals surface area contributed by atoms with Gasteiger partial charge in [0.2, 0.25) is 5.82 Å². The number of benzene rings is 2. The highest BCUT2D eigenvalue weighted by Crippen LogP contribution is 2.31. The first-order chi connectivity index (χ1) is 17.7. The summed E-state index contributed by atoms with van der Waals surface area (Å²) in [6.45, 7) is 4.18. The third-order valence-corrected chi connectivity index (χ3v) is 8.41. The molecule has 3 heterocycles. The van der Waals surface area contributed by atoms with Gasteiger partial charge in [0.25, 0.3) is 5.91 Å². The van der Waals surface area contributed by atoms with Crippen LogP contribution in [0.15, 0.2) is 47.0 Å². The zero-order valence-electron chi connectivity index (χ0n) is 20.4. The van der Waals surface area contributed by atoms with Gasteiger partial charge in [-0.3, -0.25) is 4.79 Å². The predicted octanol–water partition coefficient (Wildman–Crippen LogP) is 4.47. The lowest BCUT2D eigenvalue weighted by Crippen LogP contribution is -2.41. The van der Waals surface area contributed by atoms with Crippen LogP contribution in [0.2, 0.25) is 5.02 Å². The molecular formula is C26H26ClN5O4S. The molecule has 192 valence electrons. The molecule has 5 rings (SSSR count). The summed E-state index contributed by atoms with van der Waals surface area (Å²) in [5, 5.41) is 11.7. The van der Waals surface area contributed by atoms with Crippen LogP contribution in [0.1, 0.15) is 40.5 Å². The minimum atomic E-state index is -3.03. The smallest absolute Gasteiger partial charge is 0.289 e. The summed E-state index contributed by atoms with van der Waals surface area (Å²) >= 11 is 6.15. The molecule has 1 aliphatic heterocycles. The van der Waals surface area contributed by atoms with Crippen molar-refractivity contribution in [1.82, 2.24) is 20.4 Å². The van der Waals surface area contributed by atoms with Gasteiger partial charge in [-0.15, -0.1) is 0 Å². The average molecular weight is 540 g/mol. The van der Waals surface area contributed by atoms with Crippen molar-refractivity contribution in [2.24, 2.45) is 0 Å². The number of nitrogens with zero attached hydrogens (tertiary/aromatic N) is 3. The van der Waals surface area contributed by atoms with Crippen molar-refractivity contribution in [3.05, 3.63) is 70.3 Å². The van der Waals surface area contributed by atoms with Gasteiger partial charge in [0, 0.05) is 28.6 Å². The van der Waals surface area contributed by atoms with Crippen LogP contribution < -0.4 is 10.6 Å². The van der Waals surface area contributed by atoms with Gasteiger partial charge in [-0.2, -0.15) is 0 Å². The molecule has 1 saturated heterocycles. The summed E-state index contributed by atoms with van der Waals surface area (Å²) in [6, 6.07) is 13.0. The number of aromatic nitrogens is 3. The largest absolute Gasteiger partial charge is 0.365 e. The molecule has 0 saturated carbocycles. The van der Waals surface area contributed by atoms with E-state index >= 15 is 0 Å². The van der Waals surface area contributed by atoms with E-state index < -0.39 is 15.7 Å². The van der Waals surface area contributed by atoms with Crippen molar-refractivity contribution >= 4 is 44.1 Å². The Morgan fingerprint density at radius 3 is 2.59 bits per heavy atom. The monoisotopic (exact) mass is 539 g/mol. The molecule has 2 N–H and O–H groups in total. The normalized spacial score (nSPS) is 15.5. The lowest BCUT2D eigenvalue weighted by atomic mass is 10.0. The van der Waals surface area contributed by atoms with Gasteiger partial charge in [-0.05, 0) is 62.1 Å². The Bertz CT molecular complexity index is 1570. The van der Waals surface area contributed by atoms with Gasteiger partial charge >= 0.3 is 0 Å². The molecule has 0 unspecified atom stereocenters. The van der Waals surface area contributed by atoms with Gasteiger partial charge in [-0.1, -0.05) is 35.0 Å². The first-order valence-electron chi connectivity index (χ1n) is 11.9. The van der Waals surface area contributed by atoms with Crippen molar-refractivity contribution in [2.45, 2.75) is 39.3 Å². The zero-order valence-corrected chi connectivity index (χ0v) is 22.0. The number of sulfone groups is 1. The Labute approximate surface area is 219 Å². The van der Waals surface area contributed by atoms with Crippen molar-refractivity contribution in [1.29, 1.82) is 0 Å². The highest BCUT2D eigenvalue weighted by Gasteiger charge is 2.26. The third kappa shape index (κ3) is 5.60. The number of hydrogen-bond acceptors (Lipinski definition) is 8. The number of carbonyl (C=O) groups is 1. The van der Waals surface area contributed by atoms with Crippen LogP contribution >= 0.6 is 11.6 Å². The van der Waals surface area contributed by atoms with E-state index in [1.165, 1.54) is 0 Å². The Kier molecular flexibility index (Phi) is 6.87. The fraction of sp³-hybridized carbons (Fsp3) is 0.308. The van der Waals surface area contributed by atoms with E-state index in [-0.39, 0.29) is 23.4 Å². The molecule has 1 amide bonds. The molecule has 1 fully saturated rings. The topological polar surface area (TPSA) is 127 Å². The molecule has 2 aromatic heterocycles. The van der Waals surface area contributed by atoms with E-state index in [0.717, 1.165) is 27.8 Å². The number of fused-ring (bicyclic) bond motifs is 1. The van der Waals surface area contributed by atoms with Crippen LogP contribution in [0.3, 0.4) is 0 Å². The molecule has 9 nitrogen and oxygen atoms in total. The maximum atomic E-state index is 13.1. The Morgan fingerprint density at radius 2 is 1.89 bits per heavy atom. The van der Waals surface area contributed by atoms with Crippen LogP contribution in [0.5, 0.6) is 0 Å². The quantitative estimate of drug-likeness (QED) is 0.367. The summed E-state index contributed by atoms with van der Waals surface area (Å²) in [5.74, 6) is 0.902. The number of anilines is 1. The highest BCUT2D eigenvalue weighted by atomic mass is 35.5. The molecule has 0 bridgehead atoms. The number of amides is 1. The fourth-order valence-electron chi connectivity index (χ4n) is 4.53. The highest BCUT2D eigenvalue weighted by molar-refractivity contribution is 7.91. The van der Waals surface area contributed by atoms with E-state index in [0.29, 0.717) is 41.5 Å². The number of hydrogen-bond donors (Lipinski definition) is 2. The minimum absolute atomic E-state index is 0.0135. The lowest BCUT2D eigenvalue weighted by molar-refractivity contribution is 0.0924. The van der Waals surface area contributed by atoms with E-state index in [1.54, 1.807) is 6.07 Å². The van der Waals surface area contributed by atoms with Gasteiger partial charge < -0.3 is 15.2 Å². The summed E-state index contributed by atoms with van der Waals surface area (Å²) in [7, 11) is -3.03. The second-order valence-corrected chi connectivity index (χ2v) is 12.0. The van der Waals surface area contributed by atoms with E-state index in [1.807, 2.05) is 50.2 Å². The molecule has 0 radical (unpaired) electrons. The SMILES string of the molecule is Cc1noc(C)c1-c1ccc2nc(C(=O)NC3CCS(=O)(=O)CC3)nc(NCc3cccc(Cl)c3)c2c1. The van der Waals surface area contributed by atoms with Crippen molar-refractivity contribution in [3.63, 3.8) is 0 Å². The maximum absolute atomic E-state index is 13.1. The summed E-state index contributed by atoms with van der Waals surface area (Å²) in [4.78, 5) is 22.2. The van der Waals surface area contributed by atoms with Gasteiger partial charge in [0.1, 0.15) is 21.4 Å². The summed E-state index contributed by atoms with van der Waals surface area (Å²) < 4.78 is 28.8. The molecule has 0 spiro atoms. The number of carbonyl (C=O) groups excluding carboxylic acids is 1. The molecule has 11 heteroatoms. The van der Waals surface area contributed by atoms with Crippen LogP contribution in [0.4, 0.5) is 5.82 Å². The number of aryl methyl sites for hydroxylation is 2. The molecule has 2 aromatic carbocycles. The van der Waals surface area contributed by atoms with E-state index in [4.69, 9.17) is 16.1 Å². The number of halogens is 1. The van der Waals surface area contributed by atoms with Crippen LogP contribution in [-0.2, 0) is 16.4 Å². The Hall–Kier alpha value is -3.50. The van der Waals surface area contributed by atoms with Crippen molar-refractivity contribution in [2.75, 3.05) is 16.8 Å². The molecule has 0 aliphatic carbocycles. The molecule has 37 heavy (non-hydrogen) atoms. The minimum Gasteiger partial charge on any atom is -0.365 e. The zero-order chi connectivity index (χ0) is 26.2. The fourth-order valence-corrected chi connectivity index (χ4v) is 6.24. The number of nitrogens with one attached hydrogen (secondary N) is 2. The molecule has 1 aliphatic rings. The first-order valence-corrected chi connectivity index (χ1v) is 14.1. The van der Waals surface area contributed by atoms with Gasteiger partial charge in [0.05, 0.1) is 22.7 Å². The summed E-state index contributed by atoms with van der Waals surface area (Å²) in [6.07, 6.45) is 0.755. The van der Waals surface area contributed by atoms with Gasteiger partial charge in [-0.25, -0.2) is 18.4 Å².